The van der Waals surface area contributed by atoms with E-state index in [9.17, 15) is 9.59 Å². The third-order valence-electron chi connectivity index (χ3n) is 4.72. The van der Waals surface area contributed by atoms with E-state index in [1.165, 1.54) is 7.11 Å². The first-order valence-electron chi connectivity index (χ1n) is 9.25. The quantitative estimate of drug-likeness (QED) is 0.489. The molecule has 1 amide bonds. The Hall–Kier alpha value is -2.25. The molecule has 1 aliphatic heterocycles. The van der Waals surface area contributed by atoms with Gasteiger partial charge in [0.25, 0.3) is 5.91 Å². The molecule has 0 spiro atoms. The second-order valence-electron chi connectivity index (χ2n) is 6.19. The van der Waals surface area contributed by atoms with Gasteiger partial charge in [0.05, 0.1) is 24.8 Å². The Morgan fingerprint density at radius 1 is 1.18 bits per heavy atom. The second kappa shape index (κ2) is 9.80. The smallest absolute Gasteiger partial charge is 0.496 e. The van der Waals surface area contributed by atoms with Crippen LogP contribution in [0.25, 0.3) is 5.57 Å². The number of hydrogen-bond donors (Lipinski definition) is 1. The minimum Gasteiger partial charge on any atom is -0.496 e. The first kappa shape index (κ1) is 22.0. The van der Waals surface area contributed by atoms with Crippen LogP contribution < -0.4 is 10.1 Å². The Balaban J connectivity index is 2.44. The van der Waals surface area contributed by atoms with Crippen LogP contribution in [0.3, 0.4) is 0 Å². The van der Waals surface area contributed by atoms with Gasteiger partial charge in [-0.2, -0.15) is 0 Å². The second-order valence-corrected chi connectivity index (χ2v) is 6.63. The molecule has 1 heterocycles. The largest absolute Gasteiger partial charge is 0.513 e. The van der Waals surface area contributed by atoms with Crippen LogP contribution in [0, 0.1) is 0 Å². The first-order chi connectivity index (χ1) is 13.4. The highest BCUT2D eigenvalue weighted by atomic mass is 35.5. The number of methoxy groups -OCH3 is 1. The molecule has 0 atom stereocenters. The summed E-state index contributed by atoms with van der Waals surface area (Å²) in [6.45, 7) is 6.53. The molecule has 0 unspecified atom stereocenters. The van der Waals surface area contributed by atoms with Crippen molar-refractivity contribution >= 4 is 29.2 Å². The Morgan fingerprint density at radius 2 is 1.89 bits per heavy atom. The van der Waals surface area contributed by atoms with Gasteiger partial charge in [0.2, 0.25) is 0 Å². The molecule has 28 heavy (non-hydrogen) atoms. The lowest BCUT2D eigenvalue weighted by Gasteiger charge is -2.28. The Labute approximate surface area is 169 Å². The van der Waals surface area contributed by atoms with Crippen LogP contribution >= 0.6 is 11.6 Å². The maximum atomic E-state index is 12.8. The van der Waals surface area contributed by atoms with Crippen molar-refractivity contribution in [3.8, 4) is 5.75 Å². The Bertz CT molecular complexity index is 757. The van der Waals surface area contributed by atoms with Gasteiger partial charge < -0.3 is 24.3 Å². The molecule has 154 valence electrons. The minimum absolute atomic E-state index is 0.0617. The molecular formula is C20H26ClNO6. The van der Waals surface area contributed by atoms with E-state index in [4.69, 9.17) is 30.5 Å². The highest BCUT2D eigenvalue weighted by molar-refractivity contribution is 6.31. The zero-order valence-corrected chi connectivity index (χ0v) is 17.4. The van der Waals surface area contributed by atoms with Gasteiger partial charge in [-0.25, -0.2) is 4.79 Å². The number of nitrogens with one attached hydrogen (secondary N) is 1. The normalized spacial score (nSPS) is 15.4. The summed E-state index contributed by atoms with van der Waals surface area (Å²) in [4.78, 5) is 25.1. The van der Waals surface area contributed by atoms with Crippen molar-refractivity contribution in [3.63, 3.8) is 0 Å². The number of benzene rings is 1. The van der Waals surface area contributed by atoms with Crippen LogP contribution in [-0.4, -0.2) is 44.5 Å². The lowest BCUT2D eigenvalue weighted by atomic mass is 9.90. The number of halogens is 1. The summed E-state index contributed by atoms with van der Waals surface area (Å²) in [7, 11) is 1.48. The molecule has 2 rings (SSSR count). The van der Waals surface area contributed by atoms with Crippen LogP contribution in [0.2, 0.25) is 5.02 Å². The van der Waals surface area contributed by atoms with E-state index in [1.807, 2.05) is 20.8 Å². The molecule has 8 heteroatoms. The summed E-state index contributed by atoms with van der Waals surface area (Å²) < 4.78 is 21.1. The topological polar surface area (TPSA) is 83.1 Å². The third-order valence-corrected chi connectivity index (χ3v) is 4.95. The van der Waals surface area contributed by atoms with E-state index in [2.05, 4.69) is 5.32 Å². The summed E-state index contributed by atoms with van der Waals surface area (Å²) in [5.74, 6) is 0.289. The molecule has 0 saturated carbocycles. The maximum Gasteiger partial charge on any atom is 0.513 e. The molecule has 0 bridgehead atoms. The summed E-state index contributed by atoms with van der Waals surface area (Å²) in [5, 5.41) is 3.42. The summed E-state index contributed by atoms with van der Waals surface area (Å²) in [5.41, 5.74) is -0.0833. The van der Waals surface area contributed by atoms with Crippen LogP contribution in [0.15, 0.2) is 24.0 Å². The SMILES string of the molecule is CCOCCOC(=O)OC1=C(c2ccc(Cl)cc2OC)C(=O)NC1(CC)CC. The summed E-state index contributed by atoms with van der Waals surface area (Å²) in [6.07, 6.45) is 0.190. The molecule has 0 radical (unpaired) electrons. The fourth-order valence-corrected chi connectivity index (χ4v) is 3.29. The average Bonchev–Trinajstić information content (AvgIpc) is 2.97. The average molecular weight is 412 g/mol. The zero-order valence-electron chi connectivity index (χ0n) is 16.6. The molecule has 1 aromatic rings. The third kappa shape index (κ3) is 4.59. The van der Waals surface area contributed by atoms with E-state index >= 15 is 0 Å². The molecule has 7 nitrogen and oxygen atoms in total. The molecule has 1 aliphatic rings. The fourth-order valence-electron chi connectivity index (χ4n) is 3.13. The minimum atomic E-state index is -0.886. The van der Waals surface area contributed by atoms with E-state index in [0.29, 0.717) is 35.8 Å². The van der Waals surface area contributed by atoms with Gasteiger partial charge in [-0.1, -0.05) is 25.4 Å². The van der Waals surface area contributed by atoms with Gasteiger partial charge in [0, 0.05) is 17.2 Å². The van der Waals surface area contributed by atoms with E-state index in [-0.39, 0.29) is 30.5 Å². The molecule has 1 aromatic carbocycles. The number of hydrogen-bond acceptors (Lipinski definition) is 6. The van der Waals surface area contributed by atoms with Crippen molar-refractivity contribution in [1.29, 1.82) is 0 Å². The van der Waals surface area contributed by atoms with Gasteiger partial charge >= 0.3 is 6.16 Å². The number of amides is 1. The van der Waals surface area contributed by atoms with Crippen LogP contribution in [-0.2, 0) is 19.0 Å². The van der Waals surface area contributed by atoms with E-state index < -0.39 is 11.7 Å². The molecule has 0 saturated heterocycles. The van der Waals surface area contributed by atoms with Crippen molar-refractivity contribution in [2.45, 2.75) is 39.2 Å². The van der Waals surface area contributed by atoms with Crippen molar-refractivity contribution in [1.82, 2.24) is 5.32 Å². The van der Waals surface area contributed by atoms with Crippen LogP contribution in [0.4, 0.5) is 4.79 Å². The van der Waals surface area contributed by atoms with Crippen LogP contribution in [0.1, 0.15) is 39.2 Å². The van der Waals surface area contributed by atoms with Crippen LogP contribution in [0.5, 0.6) is 5.75 Å². The summed E-state index contributed by atoms with van der Waals surface area (Å²) >= 11 is 6.04. The Kier molecular flexibility index (Phi) is 7.71. The standard InChI is InChI=1S/C20H26ClNO6/c1-5-20(6-2)17(28-19(24)27-11-10-26-7-3)16(18(23)22-20)14-9-8-13(21)12-15(14)25-4/h8-9,12H,5-7,10-11H2,1-4H3,(H,22,23). The predicted octanol–water partition coefficient (Wildman–Crippen LogP) is 3.94. The monoisotopic (exact) mass is 411 g/mol. The van der Waals surface area contributed by atoms with Gasteiger partial charge in [0.15, 0.2) is 5.76 Å². The predicted molar refractivity (Wildman–Crippen MR) is 105 cm³/mol. The Morgan fingerprint density at radius 3 is 2.50 bits per heavy atom. The van der Waals surface area contributed by atoms with Gasteiger partial charge in [-0.3, -0.25) is 4.79 Å². The van der Waals surface area contributed by atoms with Gasteiger partial charge in [-0.05, 0) is 38.0 Å². The number of ether oxygens (including phenoxy) is 4. The molecule has 1 N–H and O–H groups in total. The highest BCUT2D eigenvalue weighted by Crippen LogP contribution is 2.41. The van der Waals surface area contributed by atoms with Crippen molar-refractivity contribution in [3.05, 3.63) is 34.5 Å². The highest BCUT2D eigenvalue weighted by Gasteiger charge is 2.46. The summed E-state index contributed by atoms with van der Waals surface area (Å²) in [6, 6.07) is 4.92. The lowest BCUT2D eigenvalue weighted by molar-refractivity contribution is -0.116. The van der Waals surface area contributed by atoms with Gasteiger partial charge in [-0.15, -0.1) is 0 Å². The fraction of sp³-hybridized carbons (Fsp3) is 0.500. The number of carbonyl (C=O) groups is 2. The molecular weight excluding hydrogens is 386 g/mol. The first-order valence-corrected chi connectivity index (χ1v) is 9.63. The molecule has 0 aliphatic carbocycles. The number of carbonyl (C=O) groups excluding carboxylic acids is 2. The van der Waals surface area contributed by atoms with Crippen molar-refractivity contribution in [2.24, 2.45) is 0 Å². The maximum absolute atomic E-state index is 12.8. The molecule has 0 aromatic heterocycles. The molecule has 0 fully saturated rings. The van der Waals surface area contributed by atoms with Gasteiger partial charge in [0.1, 0.15) is 12.4 Å². The van der Waals surface area contributed by atoms with Crippen molar-refractivity contribution in [2.75, 3.05) is 26.9 Å². The van der Waals surface area contributed by atoms with E-state index in [0.717, 1.165) is 0 Å². The lowest BCUT2D eigenvalue weighted by Crippen LogP contribution is -2.44. The van der Waals surface area contributed by atoms with E-state index in [1.54, 1.807) is 18.2 Å². The van der Waals surface area contributed by atoms with Crippen molar-refractivity contribution < 1.29 is 28.5 Å². The number of rotatable bonds is 9. The zero-order chi connectivity index (χ0) is 20.7.